The predicted molar refractivity (Wildman–Crippen MR) is 123 cm³/mol. The van der Waals surface area contributed by atoms with Gasteiger partial charge in [0.2, 0.25) is 0 Å². The predicted octanol–water partition coefficient (Wildman–Crippen LogP) is 8.21. The third-order valence-electron chi connectivity index (χ3n) is 5.44. The molecule has 0 aliphatic rings. The molecule has 0 bridgehead atoms. The normalized spacial score (nSPS) is 11.6. The first-order chi connectivity index (χ1) is 12.9. The number of hydrogen-bond acceptors (Lipinski definition) is 0. The van der Waals surface area contributed by atoms with E-state index in [0.717, 1.165) is 0 Å². The summed E-state index contributed by atoms with van der Waals surface area (Å²) in [6.07, 6.45) is 24.3. The SMILES string of the molecule is Cl[SiH2]CCCCCCCCCCCCCCCCCCc1ccccc1. The van der Waals surface area contributed by atoms with Gasteiger partial charge in [-0.3, -0.25) is 0 Å². The Morgan fingerprint density at radius 2 is 0.885 bits per heavy atom. The number of benzene rings is 1. The van der Waals surface area contributed by atoms with E-state index in [-0.39, 0.29) is 8.83 Å². The second-order valence-electron chi connectivity index (χ2n) is 7.93. The molecule has 1 aromatic rings. The van der Waals surface area contributed by atoms with Crippen LogP contribution in [0.2, 0.25) is 6.04 Å². The summed E-state index contributed by atoms with van der Waals surface area (Å²) in [5.74, 6) is 0. The summed E-state index contributed by atoms with van der Waals surface area (Å²) in [6.45, 7) is 0. The second-order valence-corrected chi connectivity index (χ2v) is 10.2. The first kappa shape index (κ1) is 23.8. The minimum atomic E-state index is -0.190. The molecule has 0 aliphatic carbocycles. The molecule has 0 aliphatic heterocycles. The Balaban J connectivity index is 1.68. The highest BCUT2D eigenvalue weighted by Gasteiger charge is 1.96. The van der Waals surface area contributed by atoms with Crippen molar-refractivity contribution in [2.24, 2.45) is 0 Å². The Bertz CT molecular complexity index is 379. The third kappa shape index (κ3) is 15.9. The molecule has 0 nitrogen and oxygen atoms in total. The molecule has 0 atom stereocenters. The smallest absolute Gasteiger partial charge is 0.125 e. The molecule has 0 saturated heterocycles. The molecule has 0 radical (unpaired) electrons. The van der Waals surface area contributed by atoms with Crippen molar-refractivity contribution in [2.45, 2.75) is 115 Å². The van der Waals surface area contributed by atoms with Crippen LogP contribution in [0.4, 0.5) is 0 Å². The summed E-state index contributed by atoms with van der Waals surface area (Å²) >= 11 is 5.83. The van der Waals surface area contributed by atoms with E-state index in [2.05, 4.69) is 30.3 Å². The summed E-state index contributed by atoms with van der Waals surface area (Å²) in [4.78, 5) is 0. The lowest BCUT2D eigenvalue weighted by atomic mass is 10.0. The van der Waals surface area contributed by atoms with Gasteiger partial charge < -0.3 is 0 Å². The van der Waals surface area contributed by atoms with Crippen molar-refractivity contribution in [3.63, 3.8) is 0 Å². The van der Waals surface area contributed by atoms with E-state index in [0.29, 0.717) is 0 Å². The molecule has 0 amide bonds. The average molecular weight is 395 g/mol. The van der Waals surface area contributed by atoms with Gasteiger partial charge in [0, 0.05) is 0 Å². The maximum Gasteiger partial charge on any atom is 0.125 e. The highest BCUT2D eigenvalue weighted by molar-refractivity contribution is 6.93. The van der Waals surface area contributed by atoms with Crippen LogP contribution < -0.4 is 0 Å². The molecule has 150 valence electrons. The Morgan fingerprint density at radius 1 is 0.500 bits per heavy atom. The van der Waals surface area contributed by atoms with Crippen LogP contribution in [0.5, 0.6) is 0 Å². The van der Waals surface area contributed by atoms with Gasteiger partial charge >= 0.3 is 0 Å². The highest BCUT2D eigenvalue weighted by Crippen LogP contribution is 2.14. The molecule has 2 heteroatoms. The molecular formula is C24H43ClSi. The second kappa shape index (κ2) is 19.5. The molecule has 0 fully saturated rings. The van der Waals surface area contributed by atoms with Crippen LogP contribution >= 0.6 is 11.1 Å². The minimum absolute atomic E-state index is 0.190. The molecule has 1 aromatic carbocycles. The van der Waals surface area contributed by atoms with Crippen molar-refractivity contribution in [1.29, 1.82) is 0 Å². The van der Waals surface area contributed by atoms with Crippen LogP contribution in [0, 0.1) is 0 Å². The average Bonchev–Trinajstić information content (AvgIpc) is 2.68. The van der Waals surface area contributed by atoms with E-state index in [1.807, 2.05) is 0 Å². The zero-order valence-electron chi connectivity index (χ0n) is 17.2. The van der Waals surface area contributed by atoms with Gasteiger partial charge in [-0.15, -0.1) is 0 Å². The van der Waals surface area contributed by atoms with Crippen LogP contribution in [0.25, 0.3) is 0 Å². The first-order valence-corrected chi connectivity index (χ1v) is 14.7. The quantitative estimate of drug-likeness (QED) is 0.126. The number of rotatable bonds is 19. The summed E-state index contributed by atoms with van der Waals surface area (Å²) < 4.78 is 0. The lowest BCUT2D eigenvalue weighted by Gasteiger charge is -2.04. The number of hydrogen-bond donors (Lipinski definition) is 0. The summed E-state index contributed by atoms with van der Waals surface area (Å²) in [7, 11) is -0.190. The van der Waals surface area contributed by atoms with E-state index in [1.54, 1.807) is 0 Å². The maximum absolute atomic E-state index is 5.83. The molecule has 0 saturated carbocycles. The molecule has 0 aromatic heterocycles. The minimum Gasteiger partial charge on any atom is -0.176 e. The van der Waals surface area contributed by atoms with Crippen molar-refractivity contribution in [1.82, 2.24) is 0 Å². The van der Waals surface area contributed by atoms with E-state index >= 15 is 0 Å². The van der Waals surface area contributed by atoms with Crippen LogP contribution in [-0.4, -0.2) is 8.83 Å². The van der Waals surface area contributed by atoms with Crippen molar-refractivity contribution in [3.8, 4) is 0 Å². The number of unbranched alkanes of at least 4 members (excludes halogenated alkanes) is 15. The molecule has 0 heterocycles. The topological polar surface area (TPSA) is 0 Å². The van der Waals surface area contributed by atoms with E-state index in [4.69, 9.17) is 11.1 Å². The van der Waals surface area contributed by atoms with Crippen molar-refractivity contribution >= 4 is 19.9 Å². The maximum atomic E-state index is 5.83. The van der Waals surface area contributed by atoms with Crippen molar-refractivity contribution in [3.05, 3.63) is 35.9 Å². The van der Waals surface area contributed by atoms with Gasteiger partial charge in [0.1, 0.15) is 8.83 Å². The van der Waals surface area contributed by atoms with E-state index in [9.17, 15) is 0 Å². The van der Waals surface area contributed by atoms with Gasteiger partial charge in [-0.1, -0.05) is 127 Å². The van der Waals surface area contributed by atoms with Gasteiger partial charge in [0.15, 0.2) is 0 Å². The monoisotopic (exact) mass is 394 g/mol. The van der Waals surface area contributed by atoms with E-state index in [1.165, 1.54) is 121 Å². The Labute approximate surface area is 171 Å². The molecule has 26 heavy (non-hydrogen) atoms. The fourth-order valence-electron chi connectivity index (χ4n) is 3.72. The van der Waals surface area contributed by atoms with Crippen molar-refractivity contribution < 1.29 is 0 Å². The molecule has 1 rings (SSSR count). The summed E-state index contributed by atoms with van der Waals surface area (Å²) in [5.41, 5.74) is 1.50. The summed E-state index contributed by atoms with van der Waals surface area (Å²) in [6, 6.07) is 12.3. The van der Waals surface area contributed by atoms with Gasteiger partial charge in [-0.25, -0.2) is 0 Å². The Hall–Kier alpha value is -0.273. The fourth-order valence-corrected chi connectivity index (χ4v) is 4.83. The van der Waals surface area contributed by atoms with Crippen molar-refractivity contribution in [2.75, 3.05) is 0 Å². The fraction of sp³-hybridized carbons (Fsp3) is 0.750. The zero-order chi connectivity index (χ0) is 18.5. The standard InChI is InChI=1S/C24H43ClSi/c25-26-23-19-14-12-10-8-6-4-2-1-3-5-7-9-11-13-16-20-24-21-17-15-18-22-24/h15,17-18,21-22H,1-14,16,19-20,23,26H2. The highest BCUT2D eigenvalue weighted by atomic mass is 35.6. The van der Waals surface area contributed by atoms with Gasteiger partial charge in [0.25, 0.3) is 0 Å². The lowest BCUT2D eigenvalue weighted by molar-refractivity contribution is 0.529. The van der Waals surface area contributed by atoms with E-state index < -0.39 is 0 Å². The Kier molecular flexibility index (Phi) is 17.8. The van der Waals surface area contributed by atoms with Gasteiger partial charge in [-0.2, -0.15) is 11.1 Å². The summed E-state index contributed by atoms with van der Waals surface area (Å²) in [5, 5.41) is 0. The van der Waals surface area contributed by atoms with Crippen LogP contribution in [-0.2, 0) is 6.42 Å². The lowest BCUT2D eigenvalue weighted by Crippen LogP contribution is -1.86. The van der Waals surface area contributed by atoms with Gasteiger partial charge in [0.05, 0.1) is 0 Å². The number of halogens is 1. The van der Waals surface area contributed by atoms with Crippen LogP contribution in [0.3, 0.4) is 0 Å². The third-order valence-corrected chi connectivity index (χ3v) is 7.01. The number of aryl methyl sites for hydroxylation is 1. The molecule has 0 N–H and O–H groups in total. The van der Waals surface area contributed by atoms with Crippen LogP contribution in [0.1, 0.15) is 108 Å². The first-order valence-electron chi connectivity index (χ1n) is 11.5. The molecular weight excluding hydrogens is 352 g/mol. The van der Waals surface area contributed by atoms with Crippen LogP contribution in [0.15, 0.2) is 30.3 Å². The zero-order valence-corrected chi connectivity index (χ0v) is 19.4. The molecule has 0 spiro atoms. The largest absolute Gasteiger partial charge is 0.176 e. The Morgan fingerprint density at radius 3 is 1.31 bits per heavy atom. The van der Waals surface area contributed by atoms with Gasteiger partial charge in [-0.05, 0) is 24.4 Å². The molecule has 0 unspecified atom stereocenters.